The lowest BCUT2D eigenvalue weighted by Crippen LogP contribution is -2.06. The maximum absolute atomic E-state index is 5.93. The number of aromatic amines is 1. The molecule has 0 bridgehead atoms. The predicted molar refractivity (Wildman–Crippen MR) is 76.9 cm³/mol. The van der Waals surface area contributed by atoms with Crippen molar-refractivity contribution >= 4 is 22.3 Å². The summed E-state index contributed by atoms with van der Waals surface area (Å²) in [6, 6.07) is 7.80. The Labute approximate surface area is 110 Å². The summed E-state index contributed by atoms with van der Waals surface area (Å²) in [5.74, 6) is 0. The number of H-pyrrole nitrogens is 1. The van der Waals surface area contributed by atoms with Gasteiger partial charge in [0, 0.05) is 42.1 Å². The highest BCUT2D eigenvalue weighted by Gasteiger charge is 2.03. The molecule has 0 aliphatic rings. The third kappa shape index (κ3) is 2.35. The maximum Gasteiger partial charge on any atom is 0.0951 e. The third-order valence-electron chi connectivity index (χ3n) is 3.07. The second-order valence-electron chi connectivity index (χ2n) is 4.36. The number of hydrogen-bond acceptors (Lipinski definition) is 4. The van der Waals surface area contributed by atoms with E-state index in [0.29, 0.717) is 5.69 Å². The van der Waals surface area contributed by atoms with Gasteiger partial charge < -0.3 is 16.0 Å². The summed E-state index contributed by atoms with van der Waals surface area (Å²) in [5, 5.41) is 4.46. The highest BCUT2D eigenvalue weighted by molar-refractivity contribution is 5.97. The van der Waals surface area contributed by atoms with E-state index < -0.39 is 0 Å². The molecule has 3 aromatic rings. The number of nitrogens with zero attached hydrogens (tertiary/aromatic N) is 2. The largest absolute Gasteiger partial charge is 0.397 e. The van der Waals surface area contributed by atoms with Crippen molar-refractivity contribution in [2.24, 2.45) is 0 Å². The molecule has 0 aliphatic heterocycles. The Morgan fingerprint density at radius 2 is 2.21 bits per heavy atom. The van der Waals surface area contributed by atoms with Crippen LogP contribution in [0.4, 0.5) is 11.4 Å². The third-order valence-corrected chi connectivity index (χ3v) is 3.07. The molecule has 0 radical (unpaired) electrons. The Balaban J connectivity index is 1.79. The van der Waals surface area contributed by atoms with E-state index in [2.05, 4.69) is 20.3 Å². The minimum atomic E-state index is 0.703. The number of para-hydroxylation sites is 1. The van der Waals surface area contributed by atoms with Crippen LogP contribution in [0.2, 0.25) is 0 Å². The van der Waals surface area contributed by atoms with Gasteiger partial charge in [0.25, 0.3) is 0 Å². The van der Waals surface area contributed by atoms with Crippen LogP contribution in [0, 0.1) is 0 Å². The molecule has 0 saturated carbocycles. The summed E-state index contributed by atoms with van der Waals surface area (Å²) in [5.41, 5.74) is 9.64. The summed E-state index contributed by atoms with van der Waals surface area (Å²) < 4.78 is 0. The molecule has 0 amide bonds. The molecule has 0 fully saturated rings. The number of fused-ring (bicyclic) bond motifs is 1. The van der Waals surface area contributed by atoms with Crippen molar-refractivity contribution in [3.05, 3.63) is 48.7 Å². The zero-order chi connectivity index (χ0) is 13.1. The lowest BCUT2D eigenvalue weighted by atomic mass is 10.1. The van der Waals surface area contributed by atoms with Crippen LogP contribution in [0.25, 0.3) is 10.9 Å². The molecule has 0 atom stereocenters. The molecule has 96 valence electrons. The van der Waals surface area contributed by atoms with E-state index in [1.807, 2.05) is 30.5 Å². The van der Waals surface area contributed by atoms with Gasteiger partial charge in [-0.15, -0.1) is 0 Å². The average Bonchev–Trinajstić information content (AvgIpc) is 2.93. The SMILES string of the molecule is Nc1cccc2c(NCCc3cnc[nH]3)ccnc12. The summed E-state index contributed by atoms with van der Waals surface area (Å²) >= 11 is 0. The summed E-state index contributed by atoms with van der Waals surface area (Å²) in [6.45, 7) is 0.829. The molecule has 0 aliphatic carbocycles. The van der Waals surface area contributed by atoms with Crippen molar-refractivity contribution in [3.8, 4) is 0 Å². The highest BCUT2D eigenvalue weighted by atomic mass is 14.9. The molecular formula is C14H15N5. The fourth-order valence-corrected chi connectivity index (χ4v) is 2.11. The Kier molecular flexibility index (Phi) is 3.02. The molecule has 5 heteroatoms. The van der Waals surface area contributed by atoms with Crippen LogP contribution in [0.5, 0.6) is 0 Å². The van der Waals surface area contributed by atoms with Crippen molar-refractivity contribution < 1.29 is 0 Å². The van der Waals surface area contributed by atoms with Crippen molar-refractivity contribution in [1.82, 2.24) is 15.0 Å². The predicted octanol–water partition coefficient (Wildman–Crippen LogP) is 2.19. The smallest absolute Gasteiger partial charge is 0.0951 e. The van der Waals surface area contributed by atoms with Crippen molar-refractivity contribution in [2.75, 3.05) is 17.6 Å². The quantitative estimate of drug-likeness (QED) is 0.623. The Hall–Kier alpha value is -2.56. The number of imidazole rings is 1. The first-order valence-corrected chi connectivity index (χ1v) is 6.19. The second-order valence-corrected chi connectivity index (χ2v) is 4.36. The van der Waals surface area contributed by atoms with E-state index in [-0.39, 0.29) is 0 Å². The summed E-state index contributed by atoms with van der Waals surface area (Å²) in [6.07, 6.45) is 6.20. The first-order chi connectivity index (χ1) is 9.34. The molecule has 2 heterocycles. The number of hydrogen-bond donors (Lipinski definition) is 3. The number of benzene rings is 1. The molecule has 19 heavy (non-hydrogen) atoms. The van der Waals surface area contributed by atoms with Crippen molar-refractivity contribution in [3.63, 3.8) is 0 Å². The molecule has 1 aromatic carbocycles. The summed E-state index contributed by atoms with van der Waals surface area (Å²) in [7, 11) is 0. The Morgan fingerprint density at radius 1 is 1.26 bits per heavy atom. The normalized spacial score (nSPS) is 10.7. The van der Waals surface area contributed by atoms with Gasteiger partial charge in [0.05, 0.1) is 17.5 Å². The Bertz CT molecular complexity index is 675. The first kappa shape index (κ1) is 11.5. The van der Waals surface area contributed by atoms with Gasteiger partial charge in [-0.3, -0.25) is 4.98 Å². The van der Waals surface area contributed by atoms with E-state index in [0.717, 1.165) is 35.2 Å². The molecule has 0 saturated heterocycles. The number of anilines is 2. The number of rotatable bonds is 4. The number of nitrogen functional groups attached to an aromatic ring is 1. The number of nitrogens with one attached hydrogen (secondary N) is 2. The van der Waals surface area contributed by atoms with Gasteiger partial charge in [0.15, 0.2) is 0 Å². The molecule has 0 unspecified atom stereocenters. The fourth-order valence-electron chi connectivity index (χ4n) is 2.11. The lowest BCUT2D eigenvalue weighted by Gasteiger charge is -2.09. The fraction of sp³-hybridized carbons (Fsp3) is 0.143. The number of aromatic nitrogens is 3. The maximum atomic E-state index is 5.93. The number of pyridine rings is 1. The second kappa shape index (κ2) is 4.97. The van der Waals surface area contributed by atoms with Crippen LogP contribution in [0.15, 0.2) is 43.0 Å². The molecule has 0 spiro atoms. The van der Waals surface area contributed by atoms with Gasteiger partial charge in [-0.1, -0.05) is 12.1 Å². The molecule has 5 nitrogen and oxygen atoms in total. The minimum Gasteiger partial charge on any atom is -0.397 e. The van der Waals surface area contributed by atoms with Gasteiger partial charge >= 0.3 is 0 Å². The summed E-state index contributed by atoms with van der Waals surface area (Å²) in [4.78, 5) is 11.4. The van der Waals surface area contributed by atoms with Crippen LogP contribution in [0.3, 0.4) is 0 Å². The van der Waals surface area contributed by atoms with Crippen LogP contribution < -0.4 is 11.1 Å². The zero-order valence-corrected chi connectivity index (χ0v) is 10.4. The standard InChI is InChI=1S/C14H15N5/c15-12-3-1-2-11-13(5-7-18-14(11)12)17-6-4-10-8-16-9-19-10/h1-3,5,7-9H,4,6,15H2,(H,16,19)(H,17,18). The molecule has 3 rings (SSSR count). The van der Waals surface area contributed by atoms with Crippen LogP contribution in [-0.4, -0.2) is 21.5 Å². The van der Waals surface area contributed by atoms with Gasteiger partial charge in [0.1, 0.15) is 0 Å². The molecule has 4 N–H and O–H groups in total. The van der Waals surface area contributed by atoms with E-state index >= 15 is 0 Å². The van der Waals surface area contributed by atoms with E-state index in [1.165, 1.54) is 0 Å². The first-order valence-electron chi connectivity index (χ1n) is 6.19. The van der Waals surface area contributed by atoms with Crippen LogP contribution in [0.1, 0.15) is 5.69 Å². The van der Waals surface area contributed by atoms with Gasteiger partial charge in [-0.2, -0.15) is 0 Å². The van der Waals surface area contributed by atoms with E-state index in [4.69, 9.17) is 5.73 Å². The van der Waals surface area contributed by atoms with Gasteiger partial charge in [0.2, 0.25) is 0 Å². The van der Waals surface area contributed by atoms with Gasteiger partial charge in [-0.25, -0.2) is 4.98 Å². The topological polar surface area (TPSA) is 79.6 Å². The van der Waals surface area contributed by atoms with Gasteiger partial charge in [-0.05, 0) is 12.1 Å². The molecular weight excluding hydrogens is 238 g/mol. The zero-order valence-electron chi connectivity index (χ0n) is 10.4. The lowest BCUT2D eigenvalue weighted by molar-refractivity contribution is 0.978. The van der Waals surface area contributed by atoms with Crippen molar-refractivity contribution in [2.45, 2.75) is 6.42 Å². The monoisotopic (exact) mass is 253 g/mol. The highest BCUT2D eigenvalue weighted by Crippen LogP contribution is 2.25. The van der Waals surface area contributed by atoms with E-state index in [9.17, 15) is 0 Å². The van der Waals surface area contributed by atoms with E-state index in [1.54, 1.807) is 12.5 Å². The Morgan fingerprint density at radius 3 is 3.05 bits per heavy atom. The van der Waals surface area contributed by atoms with Crippen molar-refractivity contribution in [1.29, 1.82) is 0 Å². The molecule has 2 aromatic heterocycles. The van der Waals surface area contributed by atoms with Crippen LogP contribution >= 0.6 is 0 Å². The number of nitrogens with two attached hydrogens (primary N) is 1. The minimum absolute atomic E-state index is 0.703. The average molecular weight is 253 g/mol. The van der Waals surface area contributed by atoms with Crippen LogP contribution in [-0.2, 0) is 6.42 Å².